The third-order valence-electron chi connectivity index (χ3n) is 10.9. The van der Waals surface area contributed by atoms with Crippen molar-refractivity contribution in [2.75, 3.05) is 13.2 Å². The second-order valence-electron chi connectivity index (χ2n) is 17.1. The van der Waals surface area contributed by atoms with E-state index in [1.54, 1.807) is 0 Å². The number of unbranched alkanes of at least 4 members (excludes halogenated alkanes) is 23. The molecule has 6 nitrogen and oxygen atoms in total. The van der Waals surface area contributed by atoms with Crippen LogP contribution in [0.15, 0.2) is 97.2 Å². The van der Waals surface area contributed by atoms with Crippen LogP contribution in [0.4, 0.5) is 0 Å². The van der Waals surface area contributed by atoms with E-state index in [1.807, 2.05) is 48.6 Å². The number of carbonyl (C=O) groups is 3. The Morgan fingerprint density at radius 2 is 0.688 bits per heavy atom. The molecule has 1 atom stereocenters. The van der Waals surface area contributed by atoms with Gasteiger partial charge in [-0.25, -0.2) is 0 Å². The maximum atomic E-state index is 12.8. The smallest absolute Gasteiger partial charge is 0.306 e. The number of rotatable bonds is 46. The highest BCUT2D eigenvalue weighted by Gasteiger charge is 2.19. The quantitative estimate of drug-likeness (QED) is 0.0199. The van der Waals surface area contributed by atoms with Gasteiger partial charge in [0.15, 0.2) is 6.10 Å². The molecule has 0 saturated carbocycles. The van der Waals surface area contributed by atoms with Gasteiger partial charge in [-0.1, -0.05) is 221 Å². The topological polar surface area (TPSA) is 78.9 Å². The van der Waals surface area contributed by atoms with Crippen LogP contribution in [0.25, 0.3) is 0 Å². The zero-order valence-corrected chi connectivity index (χ0v) is 41.5. The molecular formula is C58H96O6. The molecule has 0 saturated heterocycles. The molecule has 0 spiro atoms. The Morgan fingerprint density at radius 3 is 1.16 bits per heavy atom. The van der Waals surface area contributed by atoms with E-state index in [1.165, 1.54) is 89.9 Å². The van der Waals surface area contributed by atoms with Gasteiger partial charge in [0, 0.05) is 19.3 Å². The summed E-state index contributed by atoms with van der Waals surface area (Å²) in [6.07, 6.45) is 68.2. The molecule has 0 N–H and O–H groups in total. The van der Waals surface area contributed by atoms with Crippen LogP contribution >= 0.6 is 0 Å². The lowest BCUT2D eigenvalue weighted by Crippen LogP contribution is -2.30. The van der Waals surface area contributed by atoms with Crippen LogP contribution in [-0.4, -0.2) is 37.2 Å². The summed E-state index contributed by atoms with van der Waals surface area (Å²) in [5.41, 5.74) is 0. The number of esters is 3. The Balaban J connectivity index is 4.44. The predicted octanol–water partition coefficient (Wildman–Crippen LogP) is 17.4. The normalized spacial score (nSPS) is 12.9. The van der Waals surface area contributed by atoms with Crippen LogP contribution in [0.3, 0.4) is 0 Å². The summed E-state index contributed by atoms with van der Waals surface area (Å²) in [6, 6.07) is 0. The molecule has 0 amide bonds. The lowest BCUT2D eigenvalue weighted by Gasteiger charge is -2.18. The van der Waals surface area contributed by atoms with E-state index < -0.39 is 6.10 Å². The van der Waals surface area contributed by atoms with Crippen molar-refractivity contribution in [3.05, 3.63) is 97.2 Å². The zero-order chi connectivity index (χ0) is 46.5. The number of carbonyl (C=O) groups excluding carboxylic acids is 3. The van der Waals surface area contributed by atoms with Gasteiger partial charge in [-0.2, -0.15) is 0 Å². The van der Waals surface area contributed by atoms with Gasteiger partial charge in [0.1, 0.15) is 13.2 Å². The minimum absolute atomic E-state index is 0.103. The Labute approximate surface area is 394 Å². The van der Waals surface area contributed by atoms with Crippen molar-refractivity contribution in [3.63, 3.8) is 0 Å². The number of ether oxygens (including phenoxy) is 3. The molecule has 1 unspecified atom stereocenters. The monoisotopic (exact) mass is 889 g/mol. The molecule has 0 aromatic rings. The first-order valence-corrected chi connectivity index (χ1v) is 26.3. The van der Waals surface area contributed by atoms with E-state index in [9.17, 15) is 14.4 Å². The van der Waals surface area contributed by atoms with Gasteiger partial charge >= 0.3 is 17.9 Å². The zero-order valence-electron chi connectivity index (χ0n) is 41.5. The molecule has 364 valence electrons. The van der Waals surface area contributed by atoms with Crippen LogP contribution in [0, 0.1) is 0 Å². The van der Waals surface area contributed by atoms with E-state index >= 15 is 0 Å². The molecule has 0 heterocycles. The summed E-state index contributed by atoms with van der Waals surface area (Å²) in [5, 5.41) is 0. The maximum Gasteiger partial charge on any atom is 0.306 e. The molecule has 0 aliphatic rings. The Kier molecular flexibility index (Phi) is 49.0. The third-order valence-corrected chi connectivity index (χ3v) is 10.9. The fraction of sp³-hybridized carbons (Fsp3) is 0.672. The molecule has 0 fully saturated rings. The van der Waals surface area contributed by atoms with Crippen LogP contribution in [0.1, 0.15) is 233 Å². The molecule has 0 bridgehead atoms. The van der Waals surface area contributed by atoms with E-state index in [2.05, 4.69) is 69.4 Å². The number of hydrogen-bond acceptors (Lipinski definition) is 6. The molecule has 64 heavy (non-hydrogen) atoms. The Morgan fingerprint density at radius 1 is 0.344 bits per heavy atom. The number of hydrogen-bond donors (Lipinski definition) is 0. The fourth-order valence-corrected chi connectivity index (χ4v) is 7.02. The fourth-order valence-electron chi connectivity index (χ4n) is 7.02. The highest BCUT2D eigenvalue weighted by Crippen LogP contribution is 2.14. The molecule has 0 radical (unpaired) electrons. The van der Waals surface area contributed by atoms with Gasteiger partial charge in [0.25, 0.3) is 0 Å². The van der Waals surface area contributed by atoms with Crippen molar-refractivity contribution in [1.29, 1.82) is 0 Å². The minimum Gasteiger partial charge on any atom is -0.462 e. The second-order valence-corrected chi connectivity index (χ2v) is 17.1. The van der Waals surface area contributed by atoms with Gasteiger partial charge in [-0.05, 0) is 89.9 Å². The van der Waals surface area contributed by atoms with E-state index in [0.29, 0.717) is 19.3 Å². The van der Waals surface area contributed by atoms with E-state index in [-0.39, 0.29) is 37.5 Å². The van der Waals surface area contributed by atoms with Gasteiger partial charge in [0.2, 0.25) is 0 Å². The molecular weight excluding hydrogens is 793 g/mol. The van der Waals surface area contributed by atoms with Gasteiger partial charge in [0.05, 0.1) is 0 Å². The first-order chi connectivity index (χ1) is 31.5. The molecule has 6 heteroatoms. The molecule has 0 aromatic carbocycles. The SMILES string of the molecule is CC\C=C/C=C\C=C/C=C\C=C/CCCCCC(=O)OC(COC(=O)CCCCCCC/C=C\C/C=C\CC)COC(=O)CCCCCCCCC/C=C\CCCCCCCCCC. The highest BCUT2D eigenvalue weighted by atomic mass is 16.6. The third kappa shape index (κ3) is 49.3. The molecule has 0 rings (SSSR count). The van der Waals surface area contributed by atoms with Crippen LogP contribution < -0.4 is 0 Å². The van der Waals surface area contributed by atoms with Gasteiger partial charge in [-0.3, -0.25) is 14.4 Å². The maximum absolute atomic E-state index is 12.8. The van der Waals surface area contributed by atoms with Crippen molar-refractivity contribution >= 4 is 17.9 Å². The van der Waals surface area contributed by atoms with Crippen LogP contribution in [0.2, 0.25) is 0 Å². The predicted molar refractivity (Wildman–Crippen MR) is 274 cm³/mol. The van der Waals surface area contributed by atoms with Gasteiger partial charge in [-0.15, -0.1) is 0 Å². The minimum atomic E-state index is -0.807. The summed E-state index contributed by atoms with van der Waals surface area (Å²) < 4.78 is 16.7. The summed E-state index contributed by atoms with van der Waals surface area (Å²) in [6.45, 7) is 6.33. The lowest BCUT2D eigenvalue weighted by atomic mass is 10.1. The Hall–Kier alpha value is -3.67. The molecule has 0 aromatic heterocycles. The Bertz CT molecular complexity index is 1300. The summed E-state index contributed by atoms with van der Waals surface area (Å²) in [5.74, 6) is -0.967. The largest absolute Gasteiger partial charge is 0.462 e. The average molecular weight is 889 g/mol. The summed E-state index contributed by atoms with van der Waals surface area (Å²) in [7, 11) is 0. The molecule has 0 aliphatic carbocycles. The average Bonchev–Trinajstić information content (AvgIpc) is 3.29. The second kappa shape index (κ2) is 52.0. The highest BCUT2D eigenvalue weighted by molar-refractivity contribution is 5.71. The van der Waals surface area contributed by atoms with Gasteiger partial charge < -0.3 is 14.2 Å². The van der Waals surface area contributed by atoms with Crippen molar-refractivity contribution in [1.82, 2.24) is 0 Å². The van der Waals surface area contributed by atoms with Crippen molar-refractivity contribution in [3.8, 4) is 0 Å². The number of allylic oxidation sites excluding steroid dienone is 16. The molecule has 0 aliphatic heterocycles. The van der Waals surface area contributed by atoms with Crippen LogP contribution in [-0.2, 0) is 28.6 Å². The van der Waals surface area contributed by atoms with Crippen LogP contribution in [0.5, 0.6) is 0 Å². The van der Waals surface area contributed by atoms with E-state index in [4.69, 9.17) is 14.2 Å². The van der Waals surface area contributed by atoms with E-state index in [0.717, 1.165) is 96.3 Å². The summed E-state index contributed by atoms with van der Waals surface area (Å²) >= 11 is 0. The summed E-state index contributed by atoms with van der Waals surface area (Å²) in [4.78, 5) is 38.0. The van der Waals surface area contributed by atoms with Crippen molar-refractivity contribution in [2.24, 2.45) is 0 Å². The lowest BCUT2D eigenvalue weighted by molar-refractivity contribution is -0.167. The first-order valence-electron chi connectivity index (χ1n) is 26.3. The standard InChI is InChI=1S/C58H96O6/c1-4-7-10-13-16-19-22-25-27-28-29-30-32-33-36-39-42-45-48-51-57(60)63-54-55(53-62-56(59)50-47-44-41-38-35-24-21-18-15-12-9-6-3)64-58(61)52-49-46-43-40-37-34-31-26-23-20-17-14-11-8-5-2/h8-9,11-12,14,17-18,20-21,23,26,28-29,31,34,37,55H,4-7,10,13,15-16,19,22,24-25,27,30,32-33,35-36,38-54H2,1-3H3/b11-8-,12-9-,17-14-,21-18-,23-20-,29-28-,31-26-,37-34-. The van der Waals surface area contributed by atoms with Crippen molar-refractivity contribution in [2.45, 2.75) is 239 Å². The first kappa shape index (κ1) is 60.3. The van der Waals surface area contributed by atoms with Crippen molar-refractivity contribution < 1.29 is 28.6 Å².